The summed E-state index contributed by atoms with van der Waals surface area (Å²) in [7, 11) is -9.83. The lowest BCUT2D eigenvalue weighted by atomic mass is 10.0. The van der Waals surface area contributed by atoms with Crippen molar-refractivity contribution in [3.05, 3.63) is 84.9 Å². The number of alkyl halides is 4. The molecule has 0 aromatic heterocycles. The summed E-state index contributed by atoms with van der Waals surface area (Å²) in [5.41, 5.74) is 2.36. The Morgan fingerprint density at radius 2 is 0.740 bits per heavy atom. The molecular formula is C32H32Cl4N6O6S2. The van der Waals surface area contributed by atoms with Gasteiger partial charge in [-0.3, -0.25) is 9.11 Å². The van der Waals surface area contributed by atoms with Crippen LogP contribution in [0.25, 0.3) is 11.1 Å². The van der Waals surface area contributed by atoms with Crippen molar-refractivity contribution in [2.75, 3.05) is 59.5 Å². The highest BCUT2D eigenvalue weighted by Gasteiger charge is 2.24. The van der Waals surface area contributed by atoms with Crippen LogP contribution >= 0.6 is 46.4 Å². The van der Waals surface area contributed by atoms with Crippen molar-refractivity contribution in [1.82, 2.24) is 0 Å². The van der Waals surface area contributed by atoms with Crippen LogP contribution in [-0.2, 0) is 20.2 Å². The van der Waals surface area contributed by atoms with Gasteiger partial charge < -0.3 is 9.80 Å². The lowest BCUT2D eigenvalue weighted by Gasteiger charge is -2.22. The number of benzene rings is 4. The first kappa shape index (κ1) is 39.4. The monoisotopic (exact) mass is 800 g/mol. The van der Waals surface area contributed by atoms with Gasteiger partial charge in [0.2, 0.25) is 0 Å². The fourth-order valence-electron chi connectivity index (χ4n) is 4.86. The maximum atomic E-state index is 12.5. The van der Waals surface area contributed by atoms with Crippen LogP contribution < -0.4 is 9.80 Å². The third-order valence-corrected chi connectivity index (χ3v) is 9.65. The van der Waals surface area contributed by atoms with E-state index in [4.69, 9.17) is 46.4 Å². The van der Waals surface area contributed by atoms with Gasteiger partial charge in [-0.15, -0.1) is 46.4 Å². The molecule has 0 heterocycles. The molecule has 0 spiro atoms. The highest BCUT2D eigenvalue weighted by molar-refractivity contribution is 7.86. The van der Waals surface area contributed by atoms with Crippen LogP contribution in [0.4, 0.5) is 34.1 Å². The Hall–Kier alpha value is -3.34. The van der Waals surface area contributed by atoms with Crippen molar-refractivity contribution >= 4 is 101 Å². The maximum Gasteiger partial charge on any atom is 0.295 e. The van der Waals surface area contributed by atoms with E-state index in [1.54, 1.807) is 24.3 Å². The van der Waals surface area contributed by atoms with E-state index in [1.165, 1.54) is 24.3 Å². The minimum absolute atomic E-state index is 0.0506. The van der Waals surface area contributed by atoms with Crippen molar-refractivity contribution in [2.24, 2.45) is 20.5 Å². The molecule has 0 atom stereocenters. The van der Waals surface area contributed by atoms with Crippen molar-refractivity contribution in [1.29, 1.82) is 0 Å². The van der Waals surface area contributed by atoms with Crippen LogP contribution in [0.5, 0.6) is 0 Å². The summed E-state index contributed by atoms with van der Waals surface area (Å²) >= 11 is 23.5. The van der Waals surface area contributed by atoms with E-state index >= 15 is 0 Å². The van der Waals surface area contributed by atoms with Crippen LogP contribution in [0.2, 0.25) is 0 Å². The summed E-state index contributed by atoms with van der Waals surface area (Å²) in [6.07, 6.45) is 0. The largest absolute Gasteiger partial charge is 0.369 e. The Kier molecular flexibility index (Phi) is 14.4. The molecule has 0 saturated carbocycles. The Balaban J connectivity index is 1.63. The Morgan fingerprint density at radius 1 is 0.460 bits per heavy atom. The second kappa shape index (κ2) is 18.2. The molecule has 0 bridgehead atoms. The van der Waals surface area contributed by atoms with E-state index in [0.29, 0.717) is 61.1 Å². The zero-order valence-electron chi connectivity index (χ0n) is 26.3. The van der Waals surface area contributed by atoms with Gasteiger partial charge in [-0.05, 0) is 72.8 Å². The van der Waals surface area contributed by atoms with Crippen LogP contribution in [-0.4, -0.2) is 75.6 Å². The van der Waals surface area contributed by atoms with Gasteiger partial charge in [-0.2, -0.15) is 37.3 Å². The molecule has 0 aliphatic heterocycles. The molecule has 0 aliphatic rings. The fourth-order valence-corrected chi connectivity index (χ4v) is 7.12. The molecule has 0 amide bonds. The molecule has 0 unspecified atom stereocenters. The first-order valence-electron chi connectivity index (χ1n) is 14.9. The van der Waals surface area contributed by atoms with Crippen molar-refractivity contribution in [3.63, 3.8) is 0 Å². The highest BCUT2D eigenvalue weighted by Crippen LogP contribution is 2.37. The molecule has 2 N–H and O–H groups in total. The number of azo groups is 2. The molecule has 12 nitrogen and oxygen atoms in total. The molecule has 4 aromatic carbocycles. The molecule has 4 rings (SSSR count). The predicted octanol–water partition coefficient (Wildman–Crippen LogP) is 9.25. The van der Waals surface area contributed by atoms with Gasteiger partial charge in [0.1, 0.15) is 9.79 Å². The SMILES string of the molecule is O=S(=O)(O)c1cc(N=Nc2ccc(N(CCCl)CCCl)cc2)ccc1-c1ccc(N=Nc2ccc(N(CCCl)CCCl)cc2)cc1S(=O)(=O)O. The number of hydrogen-bond acceptors (Lipinski definition) is 10. The highest BCUT2D eigenvalue weighted by atomic mass is 35.5. The Labute approximate surface area is 310 Å². The smallest absolute Gasteiger partial charge is 0.295 e. The van der Waals surface area contributed by atoms with Gasteiger partial charge in [-0.25, -0.2) is 0 Å². The van der Waals surface area contributed by atoms with Crippen molar-refractivity contribution in [2.45, 2.75) is 9.79 Å². The number of nitrogens with zero attached hydrogens (tertiary/aromatic N) is 6. The lowest BCUT2D eigenvalue weighted by Crippen LogP contribution is -2.27. The van der Waals surface area contributed by atoms with Gasteiger partial charge in [0.05, 0.1) is 22.7 Å². The molecule has 50 heavy (non-hydrogen) atoms. The summed E-state index contributed by atoms with van der Waals surface area (Å²) in [5, 5.41) is 16.5. The van der Waals surface area contributed by atoms with E-state index in [-0.39, 0.29) is 22.5 Å². The number of anilines is 2. The molecule has 0 radical (unpaired) electrons. The standard InChI is InChI=1S/C32H32Cl4N6O6S2/c33-13-17-41(18-14-34)27-7-1-23(2-8-27)37-39-25-5-11-29(31(21-25)49(43,44)45)30-12-6-26(22-32(30)50(46,47)48)40-38-24-3-9-28(10-4-24)42(19-15-35)20-16-36/h1-12,21-22H,13-20H2,(H,43,44,45)(H,46,47,48). The average Bonchev–Trinajstić information content (AvgIpc) is 3.09. The molecule has 18 heteroatoms. The predicted molar refractivity (Wildman–Crippen MR) is 200 cm³/mol. The molecule has 266 valence electrons. The summed E-state index contributed by atoms with van der Waals surface area (Å²) in [6.45, 7) is 2.41. The Bertz CT molecular complexity index is 1880. The maximum absolute atomic E-state index is 12.5. The summed E-state index contributed by atoms with van der Waals surface area (Å²) in [5.74, 6) is 1.69. The molecule has 4 aromatic rings. The van der Waals surface area contributed by atoms with Crippen LogP contribution in [0.3, 0.4) is 0 Å². The summed E-state index contributed by atoms with van der Waals surface area (Å²) in [6, 6.07) is 21.4. The number of rotatable bonds is 17. The zero-order chi connectivity index (χ0) is 36.3. The van der Waals surface area contributed by atoms with Crippen molar-refractivity contribution in [3.8, 4) is 11.1 Å². The normalized spacial score (nSPS) is 12.2. The summed E-state index contributed by atoms with van der Waals surface area (Å²) in [4.78, 5) is 2.71. The first-order chi connectivity index (χ1) is 23.9. The van der Waals surface area contributed by atoms with E-state index in [2.05, 4.69) is 20.5 Å². The second-order valence-electron chi connectivity index (χ2n) is 10.5. The van der Waals surface area contributed by atoms with Gasteiger partial charge in [0.15, 0.2) is 0 Å². The zero-order valence-corrected chi connectivity index (χ0v) is 30.9. The van der Waals surface area contributed by atoms with E-state index < -0.39 is 30.0 Å². The van der Waals surface area contributed by atoms with Gasteiger partial charge in [0, 0.05) is 72.2 Å². The third-order valence-electron chi connectivity index (χ3n) is 7.19. The Morgan fingerprint density at radius 3 is 1.02 bits per heavy atom. The number of hydrogen-bond donors (Lipinski definition) is 2. The summed E-state index contributed by atoms with van der Waals surface area (Å²) < 4.78 is 70.1. The topological polar surface area (TPSA) is 165 Å². The van der Waals surface area contributed by atoms with Crippen LogP contribution in [0.15, 0.2) is 115 Å². The molecule has 0 aliphatic carbocycles. The number of halogens is 4. The van der Waals surface area contributed by atoms with E-state index in [1.807, 2.05) is 34.1 Å². The quantitative estimate of drug-likeness (QED) is 0.0606. The van der Waals surface area contributed by atoms with Gasteiger partial charge in [-0.1, -0.05) is 12.1 Å². The minimum atomic E-state index is -4.91. The van der Waals surface area contributed by atoms with Crippen LogP contribution in [0, 0.1) is 0 Å². The van der Waals surface area contributed by atoms with Crippen LogP contribution in [0.1, 0.15) is 0 Å². The molecule has 0 saturated heterocycles. The first-order valence-corrected chi connectivity index (χ1v) is 19.9. The van der Waals surface area contributed by atoms with E-state index in [0.717, 1.165) is 23.5 Å². The van der Waals surface area contributed by atoms with Gasteiger partial charge >= 0.3 is 0 Å². The average molecular weight is 803 g/mol. The second-order valence-corrected chi connectivity index (χ2v) is 14.8. The molecule has 0 fully saturated rings. The third kappa shape index (κ3) is 10.8. The van der Waals surface area contributed by atoms with E-state index in [9.17, 15) is 25.9 Å². The van der Waals surface area contributed by atoms with Crippen molar-refractivity contribution < 1.29 is 25.9 Å². The minimum Gasteiger partial charge on any atom is -0.369 e. The lowest BCUT2D eigenvalue weighted by molar-refractivity contribution is 0.480. The molecular weight excluding hydrogens is 770 g/mol. The van der Waals surface area contributed by atoms with Gasteiger partial charge in [0.25, 0.3) is 20.2 Å². The fraction of sp³-hybridized carbons (Fsp3) is 0.250.